The molecule has 12 heavy (non-hydrogen) atoms. The Bertz CT molecular complexity index is 106. The van der Waals surface area contributed by atoms with Crippen LogP contribution in [0.2, 0.25) is 0 Å². The third kappa shape index (κ3) is 4.70. The first-order valence-corrected chi connectivity index (χ1v) is 4.66. The van der Waals surface area contributed by atoms with Crippen molar-refractivity contribution in [2.24, 2.45) is 0 Å². The predicted molar refractivity (Wildman–Crippen MR) is 47.8 cm³/mol. The minimum absolute atomic E-state index is 0.275. The topological polar surface area (TPSA) is 60.7 Å². The van der Waals surface area contributed by atoms with Gasteiger partial charge in [0.1, 0.15) is 0 Å². The third-order valence-electron chi connectivity index (χ3n) is 2.01. The molecule has 3 unspecified atom stereocenters. The number of hydrogen-bond acceptors (Lipinski definition) is 3. The number of hydrogen-bond donors (Lipinski definition) is 3. The summed E-state index contributed by atoms with van der Waals surface area (Å²) in [6.45, 7) is 3.80. The third-order valence-corrected chi connectivity index (χ3v) is 2.01. The summed E-state index contributed by atoms with van der Waals surface area (Å²) < 4.78 is 0. The van der Waals surface area contributed by atoms with Gasteiger partial charge in [-0.05, 0) is 12.8 Å². The van der Waals surface area contributed by atoms with E-state index in [0.29, 0.717) is 12.8 Å². The minimum Gasteiger partial charge on any atom is -0.393 e. The van der Waals surface area contributed by atoms with Gasteiger partial charge in [0.05, 0.1) is 18.3 Å². The Morgan fingerprint density at radius 2 is 1.58 bits per heavy atom. The summed E-state index contributed by atoms with van der Waals surface area (Å²) in [5.74, 6) is 0. The van der Waals surface area contributed by atoms with Crippen molar-refractivity contribution < 1.29 is 15.3 Å². The van der Waals surface area contributed by atoms with Crippen molar-refractivity contribution >= 4 is 0 Å². The van der Waals surface area contributed by atoms with E-state index in [1.54, 1.807) is 0 Å². The van der Waals surface area contributed by atoms with E-state index >= 15 is 0 Å². The van der Waals surface area contributed by atoms with Crippen LogP contribution in [0.15, 0.2) is 0 Å². The maximum atomic E-state index is 9.34. The fourth-order valence-corrected chi connectivity index (χ4v) is 1.09. The predicted octanol–water partition coefficient (Wildman–Crippen LogP) is 0.669. The molecule has 0 aromatic heterocycles. The van der Waals surface area contributed by atoms with Gasteiger partial charge in [0, 0.05) is 6.42 Å². The summed E-state index contributed by atoms with van der Waals surface area (Å²) >= 11 is 0. The molecule has 0 aliphatic rings. The highest BCUT2D eigenvalue weighted by molar-refractivity contribution is 4.70. The van der Waals surface area contributed by atoms with E-state index in [0.717, 1.165) is 6.42 Å². The van der Waals surface area contributed by atoms with Gasteiger partial charge >= 0.3 is 0 Å². The van der Waals surface area contributed by atoms with Crippen molar-refractivity contribution in [3.8, 4) is 0 Å². The largest absolute Gasteiger partial charge is 0.393 e. The molecular weight excluding hydrogens is 156 g/mol. The maximum Gasteiger partial charge on any atom is 0.0823 e. The lowest BCUT2D eigenvalue weighted by molar-refractivity contribution is -0.0162. The zero-order valence-electron chi connectivity index (χ0n) is 7.90. The van der Waals surface area contributed by atoms with Gasteiger partial charge in [-0.1, -0.05) is 20.3 Å². The highest BCUT2D eigenvalue weighted by Crippen LogP contribution is 2.09. The molecule has 0 aromatic rings. The van der Waals surface area contributed by atoms with Crippen LogP contribution in [-0.2, 0) is 0 Å². The van der Waals surface area contributed by atoms with Gasteiger partial charge in [0.25, 0.3) is 0 Å². The molecule has 3 heteroatoms. The molecule has 0 heterocycles. The Hall–Kier alpha value is -0.120. The highest BCUT2D eigenvalue weighted by Gasteiger charge is 2.17. The lowest BCUT2D eigenvalue weighted by Crippen LogP contribution is -2.29. The minimum atomic E-state index is -0.778. The summed E-state index contributed by atoms with van der Waals surface area (Å²) in [5.41, 5.74) is 0. The lowest BCUT2D eigenvalue weighted by atomic mass is 10.0. The lowest BCUT2D eigenvalue weighted by Gasteiger charge is -2.19. The maximum absolute atomic E-state index is 9.34. The molecule has 0 aromatic carbocycles. The van der Waals surface area contributed by atoms with Crippen molar-refractivity contribution in [1.29, 1.82) is 0 Å². The van der Waals surface area contributed by atoms with Gasteiger partial charge in [-0.2, -0.15) is 0 Å². The summed E-state index contributed by atoms with van der Waals surface area (Å²) in [6.07, 6.45) is 0.383. The van der Waals surface area contributed by atoms with E-state index in [9.17, 15) is 15.3 Å². The Morgan fingerprint density at radius 1 is 1.00 bits per heavy atom. The average molecular weight is 176 g/mol. The van der Waals surface area contributed by atoms with Crippen molar-refractivity contribution in [3.05, 3.63) is 0 Å². The summed E-state index contributed by atoms with van der Waals surface area (Å²) in [6, 6.07) is 0. The molecule has 0 aliphatic carbocycles. The molecular formula is C9H20O3. The second-order valence-electron chi connectivity index (χ2n) is 3.22. The smallest absolute Gasteiger partial charge is 0.0823 e. The summed E-state index contributed by atoms with van der Waals surface area (Å²) in [4.78, 5) is 0. The molecule has 3 atom stereocenters. The Morgan fingerprint density at radius 3 is 2.00 bits per heavy atom. The second-order valence-corrected chi connectivity index (χ2v) is 3.22. The average Bonchev–Trinajstić information content (AvgIpc) is 2.04. The van der Waals surface area contributed by atoms with Crippen molar-refractivity contribution in [1.82, 2.24) is 0 Å². The van der Waals surface area contributed by atoms with Crippen LogP contribution in [0.5, 0.6) is 0 Å². The zero-order chi connectivity index (χ0) is 9.56. The highest BCUT2D eigenvalue weighted by atomic mass is 16.3. The SMILES string of the molecule is CCCC(O)C(O)CC(O)CC. The Labute approximate surface area is 74.0 Å². The molecule has 0 saturated heterocycles. The quantitative estimate of drug-likeness (QED) is 0.557. The summed E-state index contributed by atoms with van der Waals surface area (Å²) in [5, 5.41) is 27.8. The summed E-state index contributed by atoms with van der Waals surface area (Å²) in [7, 11) is 0. The van der Waals surface area contributed by atoms with Gasteiger partial charge in [0.2, 0.25) is 0 Å². The van der Waals surface area contributed by atoms with E-state index in [1.807, 2.05) is 13.8 Å². The second kappa shape index (κ2) is 6.40. The van der Waals surface area contributed by atoms with Crippen LogP contribution in [0, 0.1) is 0 Å². The Balaban J connectivity index is 3.62. The van der Waals surface area contributed by atoms with E-state index in [4.69, 9.17) is 0 Å². The van der Waals surface area contributed by atoms with Gasteiger partial charge in [-0.3, -0.25) is 0 Å². The van der Waals surface area contributed by atoms with E-state index in [1.165, 1.54) is 0 Å². The van der Waals surface area contributed by atoms with Crippen LogP contribution in [0.4, 0.5) is 0 Å². The first-order chi connectivity index (χ1) is 5.61. The first kappa shape index (κ1) is 11.9. The van der Waals surface area contributed by atoms with Crippen LogP contribution in [0.25, 0.3) is 0 Å². The number of aliphatic hydroxyl groups is 3. The van der Waals surface area contributed by atoms with Crippen LogP contribution >= 0.6 is 0 Å². The van der Waals surface area contributed by atoms with Gasteiger partial charge < -0.3 is 15.3 Å². The van der Waals surface area contributed by atoms with Gasteiger partial charge in [0.15, 0.2) is 0 Å². The van der Waals surface area contributed by atoms with Gasteiger partial charge in [-0.25, -0.2) is 0 Å². The number of aliphatic hydroxyl groups excluding tert-OH is 3. The first-order valence-electron chi connectivity index (χ1n) is 4.66. The fourth-order valence-electron chi connectivity index (χ4n) is 1.09. The monoisotopic (exact) mass is 176 g/mol. The molecule has 0 fully saturated rings. The molecule has 0 saturated carbocycles. The zero-order valence-corrected chi connectivity index (χ0v) is 7.90. The molecule has 0 spiro atoms. The number of rotatable bonds is 6. The van der Waals surface area contributed by atoms with Crippen molar-refractivity contribution in [2.45, 2.75) is 57.8 Å². The Kier molecular flexibility index (Phi) is 6.34. The van der Waals surface area contributed by atoms with Crippen LogP contribution in [-0.4, -0.2) is 33.6 Å². The molecule has 3 nitrogen and oxygen atoms in total. The molecule has 74 valence electrons. The van der Waals surface area contributed by atoms with E-state index in [2.05, 4.69) is 0 Å². The fraction of sp³-hybridized carbons (Fsp3) is 1.00. The molecule has 3 N–H and O–H groups in total. The van der Waals surface area contributed by atoms with E-state index < -0.39 is 18.3 Å². The van der Waals surface area contributed by atoms with Crippen molar-refractivity contribution in [2.75, 3.05) is 0 Å². The molecule has 0 bridgehead atoms. The standard InChI is InChI=1S/C9H20O3/c1-3-5-8(11)9(12)6-7(10)4-2/h7-12H,3-6H2,1-2H3. The van der Waals surface area contributed by atoms with Gasteiger partial charge in [-0.15, -0.1) is 0 Å². The molecule has 0 rings (SSSR count). The van der Waals surface area contributed by atoms with Crippen molar-refractivity contribution in [3.63, 3.8) is 0 Å². The van der Waals surface area contributed by atoms with Crippen LogP contribution in [0.1, 0.15) is 39.5 Å². The van der Waals surface area contributed by atoms with Crippen LogP contribution in [0.3, 0.4) is 0 Å². The molecule has 0 radical (unpaired) electrons. The normalized spacial score (nSPS) is 18.8. The molecule has 0 aliphatic heterocycles. The van der Waals surface area contributed by atoms with Crippen LogP contribution < -0.4 is 0 Å². The molecule has 0 amide bonds. The van der Waals surface area contributed by atoms with E-state index in [-0.39, 0.29) is 6.42 Å².